The van der Waals surface area contributed by atoms with E-state index in [0.717, 1.165) is 0 Å². The predicted molar refractivity (Wildman–Crippen MR) is 59.8 cm³/mol. The number of rotatable bonds is 3. The Morgan fingerprint density at radius 2 is 2.00 bits per heavy atom. The fraction of sp³-hybridized carbons (Fsp3) is 1.00. The van der Waals surface area contributed by atoms with Crippen LogP contribution < -0.4 is 4.13 Å². The molecule has 80 valence electrons. The second-order valence-corrected chi connectivity index (χ2v) is 8.31. The van der Waals surface area contributed by atoms with Crippen LogP contribution in [0.2, 0.25) is 0 Å². The minimum absolute atomic E-state index is 0.293. The lowest BCUT2D eigenvalue weighted by atomic mass is 10.2. The van der Waals surface area contributed by atoms with Crippen LogP contribution in [0.25, 0.3) is 0 Å². The molecule has 0 spiro atoms. The molecule has 0 aromatic rings. The van der Waals surface area contributed by atoms with Gasteiger partial charge in [-0.25, -0.2) is 8.42 Å². The van der Waals surface area contributed by atoms with Crippen LogP contribution >= 0.6 is 21.8 Å². The van der Waals surface area contributed by atoms with Crippen molar-refractivity contribution in [2.75, 3.05) is 19.5 Å². The largest absolute Gasteiger partial charge is 0.381 e. The van der Waals surface area contributed by atoms with E-state index in [9.17, 15) is 8.42 Å². The first kappa shape index (κ1) is 11.6. The first-order valence-corrected chi connectivity index (χ1v) is 8.53. The third-order valence-corrected chi connectivity index (χ3v) is 6.03. The molecule has 1 unspecified atom stereocenters. The molecule has 4 nitrogen and oxygen atoms in total. The van der Waals surface area contributed by atoms with Gasteiger partial charge in [0.25, 0.3) is 0 Å². The molecule has 0 bridgehead atoms. The van der Waals surface area contributed by atoms with Crippen molar-refractivity contribution >= 4 is 31.8 Å². The van der Waals surface area contributed by atoms with Gasteiger partial charge in [0, 0.05) is 13.2 Å². The molecule has 0 aromatic carbocycles. The van der Waals surface area contributed by atoms with Crippen molar-refractivity contribution in [1.29, 1.82) is 0 Å². The zero-order valence-electron chi connectivity index (χ0n) is 7.43. The molecule has 0 saturated carbocycles. The third kappa shape index (κ3) is 3.67. The van der Waals surface area contributed by atoms with Gasteiger partial charge < -0.3 is 4.74 Å². The average molecular weight is 245 g/mol. The van der Waals surface area contributed by atoms with Gasteiger partial charge in [-0.2, -0.15) is 4.13 Å². The van der Waals surface area contributed by atoms with Crippen molar-refractivity contribution < 1.29 is 13.2 Å². The quantitative estimate of drug-likeness (QED) is 0.501. The van der Waals surface area contributed by atoms with Gasteiger partial charge >= 0.3 is 0 Å². The van der Waals surface area contributed by atoms with Crippen LogP contribution in [0.15, 0.2) is 0 Å². The van der Waals surface area contributed by atoms with Gasteiger partial charge in [-0.1, -0.05) is 0 Å². The van der Waals surface area contributed by atoms with E-state index in [4.69, 9.17) is 4.74 Å². The van der Waals surface area contributed by atoms with Gasteiger partial charge in [0.1, 0.15) is 0 Å². The maximum Gasteiger partial charge on any atom is 0.222 e. The number of thiol groups is 2. The highest BCUT2D eigenvalue weighted by Crippen LogP contribution is 2.24. The Labute approximate surface area is 86.8 Å². The Morgan fingerprint density at radius 1 is 1.46 bits per heavy atom. The molecule has 13 heavy (non-hydrogen) atoms. The summed E-state index contributed by atoms with van der Waals surface area (Å²) in [4.78, 5) is 0. The monoisotopic (exact) mass is 245 g/mol. The lowest BCUT2D eigenvalue weighted by Gasteiger charge is -2.23. The van der Waals surface area contributed by atoms with E-state index in [0.29, 0.717) is 26.1 Å². The molecule has 1 fully saturated rings. The summed E-state index contributed by atoms with van der Waals surface area (Å²) < 4.78 is 30.8. The smallest absolute Gasteiger partial charge is 0.222 e. The maximum atomic E-state index is 11.6. The van der Waals surface area contributed by atoms with Crippen LogP contribution in [0.5, 0.6) is 0 Å². The molecule has 0 radical (unpaired) electrons. The van der Waals surface area contributed by atoms with Crippen LogP contribution in [0.3, 0.4) is 0 Å². The van der Waals surface area contributed by atoms with Gasteiger partial charge in [-0.15, -0.1) is 21.8 Å². The maximum absolute atomic E-state index is 11.6. The standard InChI is InChI=1S/C6H15NO3S3/c1-12(11)7-13(8,9)6-2-4-10-5-3-6/h6-7,11-12H,2-5H2,1H3. The summed E-state index contributed by atoms with van der Waals surface area (Å²) in [6.07, 6.45) is 2.94. The molecule has 0 aliphatic carbocycles. The van der Waals surface area contributed by atoms with E-state index < -0.39 is 20.1 Å². The SMILES string of the molecule is C[SH](S)NS(=O)(=O)C1CCOCC1. The Morgan fingerprint density at radius 3 is 2.46 bits per heavy atom. The zero-order valence-corrected chi connectivity index (χ0v) is 10.0. The molecule has 1 rings (SSSR count). The topological polar surface area (TPSA) is 55.4 Å². The van der Waals surface area contributed by atoms with E-state index in [2.05, 4.69) is 15.8 Å². The Balaban J connectivity index is 2.57. The van der Waals surface area contributed by atoms with Crippen molar-refractivity contribution in [3.05, 3.63) is 0 Å². The summed E-state index contributed by atoms with van der Waals surface area (Å²) in [5.41, 5.74) is 0. The van der Waals surface area contributed by atoms with E-state index in [1.165, 1.54) is 0 Å². The summed E-state index contributed by atoms with van der Waals surface area (Å²) in [5.74, 6) is 0. The van der Waals surface area contributed by atoms with Crippen molar-refractivity contribution in [2.45, 2.75) is 18.1 Å². The number of hydrogen-bond donors (Lipinski definition) is 3. The fourth-order valence-corrected chi connectivity index (χ4v) is 5.15. The number of sulfonamides is 1. The summed E-state index contributed by atoms with van der Waals surface area (Å²) in [6, 6.07) is 0. The van der Waals surface area contributed by atoms with Crippen molar-refractivity contribution in [1.82, 2.24) is 4.13 Å². The summed E-state index contributed by atoms with van der Waals surface area (Å²) in [7, 11) is -4.06. The number of ether oxygens (including phenoxy) is 1. The second-order valence-electron chi connectivity index (χ2n) is 2.97. The zero-order chi connectivity index (χ0) is 9.90. The minimum atomic E-state index is -3.16. The van der Waals surface area contributed by atoms with Crippen molar-refractivity contribution in [2.24, 2.45) is 0 Å². The molecule has 1 heterocycles. The molecule has 0 aromatic heterocycles. The molecule has 1 saturated heterocycles. The predicted octanol–water partition coefficient (Wildman–Crippen LogP) is 0.476. The first-order valence-electron chi connectivity index (χ1n) is 4.04. The van der Waals surface area contributed by atoms with Gasteiger partial charge in [-0.05, 0) is 19.1 Å². The number of nitrogens with one attached hydrogen (secondary N) is 1. The second kappa shape index (κ2) is 4.88. The first-order chi connectivity index (χ1) is 6.02. The van der Waals surface area contributed by atoms with Crippen LogP contribution in [-0.4, -0.2) is 33.1 Å². The average Bonchev–Trinajstić information content (AvgIpc) is 2.04. The van der Waals surface area contributed by atoms with Gasteiger partial charge in [0.2, 0.25) is 10.0 Å². The molecule has 1 aliphatic rings. The molecule has 1 atom stereocenters. The van der Waals surface area contributed by atoms with Crippen LogP contribution in [0.1, 0.15) is 12.8 Å². The lowest BCUT2D eigenvalue weighted by molar-refractivity contribution is 0.0983. The van der Waals surface area contributed by atoms with Crippen LogP contribution in [0.4, 0.5) is 0 Å². The Kier molecular flexibility index (Phi) is 4.37. The normalized spacial score (nSPS) is 24.3. The van der Waals surface area contributed by atoms with Crippen molar-refractivity contribution in [3.8, 4) is 0 Å². The molecule has 1 aliphatic heterocycles. The highest BCUT2D eigenvalue weighted by molar-refractivity contribution is 8.78. The van der Waals surface area contributed by atoms with E-state index in [1.54, 1.807) is 6.26 Å². The Bertz CT molecular complexity index is 246. The highest BCUT2D eigenvalue weighted by Gasteiger charge is 2.27. The fourth-order valence-electron chi connectivity index (χ4n) is 1.24. The van der Waals surface area contributed by atoms with E-state index >= 15 is 0 Å². The van der Waals surface area contributed by atoms with Crippen molar-refractivity contribution in [3.63, 3.8) is 0 Å². The van der Waals surface area contributed by atoms with Gasteiger partial charge in [-0.3, -0.25) is 0 Å². The van der Waals surface area contributed by atoms with E-state index in [-0.39, 0.29) is 5.25 Å². The van der Waals surface area contributed by atoms with E-state index in [1.807, 2.05) is 0 Å². The molecule has 0 amide bonds. The van der Waals surface area contributed by atoms with Crippen LogP contribution in [-0.2, 0) is 14.8 Å². The molecular weight excluding hydrogens is 230 g/mol. The third-order valence-electron chi connectivity index (χ3n) is 1.87. The minimum Gasteiger partial charge on any atom is -0.381 e. The number of hydrogen-bond acceptors (Lipinski definition) is 4. The van der Waals surface area contributed by atoms with Gasteiger partial charge in [0.05, 0.1) is 5.25 Å². The van der Waals surface area contributed by atoms with Crippen LogP contribution in [0, 0.1) is 0 Å². The summed E-state index contributed by atoms with van der Waals surface area (Å²) >= 11 is 4.05. The summed E-state index contributed by atoms with van der Waals surface area (Å²) in [5, 5.41) is -0.293. The molecule has 1 N–H and O–H groups in total. The molecular formula is C6H15NO3S3. The lowest BCUT2D eigenvalue weighted by Crippen LogP contribution is -2.35. The Hall–Kier alpha value is 0.570. The summed E-state index contributed by atoms with van der Waals surface area (Å²) in [6.45, 7) is 1.08. The molecule has 7 heteroatoms. The highest BCUT2D eigenvalue weighted by atomic mass is 33.1. The van der Waals surface area contributed by atoms with Gasteiger partial charge in [0.15, 0.2) is 0 Å².